The first-order chi connectivity index (χ1) is 12.4. The molecule has 0 N–H and O–H groups in total. The topological polar surface area (TPSA) is 3.88 Å². The van der Waals surface area contributed by atoms with Crippen molar-refractivity contribution in [1.29, 1.82) is 0 Å². The van der Waals surface area contributed by atoms with Crippen LogP contribution in [0.5, 0.6) is 0 Å². The summed E-state index contributed by atoms with van der Waals surface area (Å²) in [5.41, 5.74) is 8.45. The number of nitrogens with zero attached hydrogens (tertiary/aromatic N) is 1. The fraction of sp³-hybridized carbons (Fsp3) is 0.400. The van der Waals surface area contributed by atoms with E-state index < -0.39 is 0 Å². The molecule has 0 fully saturated rings. The number of fused-ring (bicyclic) bond motifs is 1. The summed E-state index contributed by atoms with van der Waals surface area (Å²) in [5, 5.41) is 2.69. The second-order valence-electron chi connectivity index (χ2n) is 7.93. The number of pyridine rings is 1. The quantitative estimate of drug-likeness (QED) is 0.502. The molecule has 2 aromatic carbocycles. The van der Waals surface area contributed by atoms with Gasteiger partial charge in [-0.3, -0.25) is 0 Å². The third-order valence-electron chi connectivity index (χ3n) is 5.46. The molecular weight excluding hydrogens is 314 g/mol. The molecule has 1 heterocycles. The van der Waals surface area contributed by atoms with E-state index in [1.807, 2.05) is 0 Å². The van der Waals surface area contributed by atoms with Gasteiger partial charge >= 0.3 is 0 Å². The number of hydrogen-bond donors (Lipinski definition) is 0. The fourth-order valence-corrected chi connectivity index (χ4v) is 4.01. The molecule has 0 saturated carbocycles. The van der Waals surface area contributed by atoms with Gasteiger partial charge in [0.05, 0.1) is 10.9 Å². The molecule has 0 amide bonds. The molecule has 1 aromatic heterocycles. The molecule has 1 nitrogen and oxygen atoms in total. The van der Waals surface area contributed by atoms with Crippen molar-refractivity contribution >= 4 is 10.8 Å². The highest BCUT2D eigenvalue weighted by molar-refractivity contribution is 5.94. The Hall–Kier alpha value is -2.15. The first-order valence-corrected chi connectivity index (χ1v) is 9.98. The predicted molar refractivity (Wildman–Crippen MR) is 113 cm³/mol. The summed E-state index contributed by atoms with van der Waals surface area (Å²) in [6, 6.07) is 14.0. The van der Waals surface area contributed by atoms with Crippen molar-refractivity contribution in [3.8, 4) is 11.3 Å². The predicted octanol–water partition coefficient (Wildman–Crippen LogP) is 5.96. The normalized spacial score (nSPS) is 11.5. The van der Waals surface area contributed by atoms with Gasteiger partial charge in [0, 0.05) is 6.07 Å². The van der Waals surface area contributed by atoms with Gasteiger partial charge in [-0.2, -0.15) is 0 Å². The Kier molecular flexibility index (Phi) is 5.46. The lowest BCUT2D eigenvalue weighted by Gasteiger charge is -2.14. The average Bonchev–Trinajstić information content (AvgIpc) is 2.62. The highest BCUT2D eigenvalue weighted by atomic mass is 14.9. The highest BCUT2D eigenvalue weighted by Crippen LogP contribution is 2.31. The molecular formula is C25H32N+. The maximum Gasteiger partial charge on any atom is 0.220 e. The Morgan fingerprint density at radius 2 is 1.69 bits per heavy atom. The summed E-state index contributed by atoms with van der Waals surface area (Å²) < 4.78 is 2.28. The molecule has 26 heavy (non-hydrogen) atoms. The minimum absolute atomic E-state index is 0.683. The molecule has 0 radical (unpaired) electrons. The minimum atomic E-state index is 0.683. The maximum absolute atomic E-state index is 2.39. The zero-order valence-corrected chi connectivity index (χ0v) is 17.2. The molecule has 0 aliphatic heterocycles. The molecule has 0 bridgehead atoms. The molecule has 3 rings (SSSR count). The standard InChI is InChI=1S/C25H32N/c1-7-19-14-21(8-2)18(5)24(16-19)25-23-10-9-20(13-17(3)4)15-22(23)11-12-26(25)6/h9-12,14-17H,7-8,13H2,1-6H3/q+1. The van der Waals surface area contributed by atoms with Gasteiger partial charge in [-0.1, -0.05) is 45.9 Å². The van der Waals surface area contributed by atoms with Gasteiger partial charge in [-0.15, -0.1) is 0 Å². The van der Waals surface area contributed by atoms with Crippen LogP contribution in [0.25, 0.3) is 22.0 Å². The van der Waals surface area contributed by atoms with Gasteiger partial charge in [0.2, 0.25) is 5.69 Å². The molecule has 0 atom stereocenters. The molecule has 0 saturated heterocycles. The van der Waals surface area contributed by atoms with E-state index in [2.05, 4.69) is 88.8 Å². The molecule has 3 aromatic rings. The number of benzene rings is 2. The lowest BCUT2D eigenvalue weighted by atomic mass is 9.91. The third-order valence-corrected chi connectivity index (χ3v) is 5.46. The third kappa shape index (κ3) is 3.53. The van der Waals surface area contributed by atoms with Crippen LogP contribution in [0.2, 0.25) is 0 Å². The van der Waals surface area contributed by atoms with Crippen LogP contribution in [0.15, 0.2) is 42.6 Å². The van der Waals surface area contributed by atoms with Gasteiger partial charge in [-0.25, -0.2) is 4.57 Å². The van der Waals surface area contributed by atoms with Crippen LogP contribution in [-0.4, -0.2) is 0 Å². The molecule has 1 heteroatoms. The van der Waals surface area contributed by atoms with E-state index in [-0.39, 0.29) is 0 Å². The van der Waals surface area contributed by atoms with Crippen LogP contribution in [0, 0.1) is 12.8 Å². The Morgan fingerprint density at radius 1 is 0.923 bits per heavy atom. The summed E-state index contributed by atoms with van der Waals surface area (Å²) in [7, 11) is 2.17. The van der Waals surface area contributed by atoms with Crippen molar-refractivity contribution in [2.24, 2.45) is 13.0 Å². The summed E-state index contributed by atoms with van der Waals surface area (Å²) in [5.74, 6) is 0.683. The molecule has 0 spiro atoms. The molecule has 0 aliphatic rings. The van der Waals surface area contributed by atoms with Crippen LogP contribution in [0.1, 0.15) is 49.9 Å². The zero-order chi connectivity index (χ0) is 18.8. The van der Waals surface area contributed by atoms with Crippen LogP contribution < -0.4 is 4.57 Å². The molecule has 136 valence electrons. The van der Waals surface area contributed by atoms with E-state index in [0.717, 1.165) is 19.3 Å². The minimum Gasteiger partial charge on any atom is -0.200 e. The van der Waals surface area contributed by atoms with Crippen LogP contribution in [-0.2, 0) is 26.3 Å². The van der Waals surface area contributed by atoms with Crippen molar-refractivity contribution in [1.82, 2.24) is 0 Å². The van der Waals surface area contributed by atoms with E-state index in [1.54, 1.807) is 0 Å². The van der Waals surface area contributed by atoms with Crippen molar-refractivity contribution < 1.29 is 4.57 Å². The maximum atomic E-state index is 2.39. The van der Waals surface area contributed by atoms with Gasteiger partial charge in [0.25, 0.3) is 0 Å². The lowest BCUT2D eigenvalue weighted by Crippen LogP contribution is -2.31. The van der Waals surface area contributed by atoms with E-state index in [4.69, 9.17) is 0 Å². The zero-order valence-electron chi connectivity index (χ0n) is 17.2. The van der Waals surface area contributed by atoms with E-state index in [9.17, 15) is 0 Å². The van der Waals surface area contributed by atoms with E-state index in [1.165, 1.54) is 44.3 Å². The Labute approximate surface area is 158 Å². The second-order valence-corrected chi connectivity index (χ2v) is 7.93. The Bertz CT molecular complexity index is 935. The Morgan fingerprint density at radius 3 is 2.35 bits per heavy atom. The van der Waals surface area contributed by atoms with Crippen molar-refractivity contribution in [3.05, 3.63) is 64.8 Å². The molecule has 0 unspecified atom stereocenters. The molecule has 0 aliphatic carbocycles. The van der Waals surface area contributed by atoms with Crippen molar-refractivity contribution in [3.63, 3.8) is 0 Å². The first kappa shape index (κ1) is 18.6. The van der Waals surface area contributed by atoms with Gasteiger partial charge in [-0.05, 0) is 71.9 Å². The smallest absolute Gasteiger partial charge is 0.200 e. The summed E-state index contributed by atoms with van der Waals surface area (Å²) in [6.07, 6.45) is 5.50. The largest absolute Gasteiger partial charge is 0.220 e. The highest BCUT2D eigenvalue weighted by Gasteiger charge is 2.19. The van der Waals surface area contributed by atoms with E-state index in [0.29, 0.717) is 5.92 Å². The van der Waals surface area contributed by atoms with Crippen LogP contribution >= 0.6 is 0 Å². The number of aryl methyl sites for hydroxylation is 3. The van der Waals surface area contributed by atoms with Gasteiger partial charge in [0.15, 0.2) is 6.20 Å². The van der Waals surface area contributed by atoms with E-state index >= 15 is 0 Å². The second kappa shape index (κ2) is 7.61. The van der Waals surface area contributed by atoms with Crippen molar-refractivity contribution in [2.75, 3.05) is 0 Å². The van der Waals surface area contributed by atoms with Gasteiger partial charge in [0.1, 0.15) is 7.05 Å². The lowest BCUT2D eigenvalue weighted by molar-refractivity contribution is -0.659. The number of rotatable bonds is 5. The monoisotopic (exact) mass is 346 g/mol. The Balaban J connectivity index is 2.26. The first-order valence-electron chi connectivity index (χ1n) is 9.98. The SMILES string of the molecule is CCc1cc(CC)c(C)c(-c2c3ccc(CC(C)C)cc3cc[n+]2C)c1. The number of hydrogen-bond acceptors (Lipinski definition) is 0. The fourth-order valence-electron chi connectivity index (χ4n) is 4.01. The van der Waals surface area contributed by atoms with Gasteiger partial charge < -0.3 is 0 Å². The number of aromatic nitrogens is 1. The van der Waals surface area contributed by atoms with Crippen LogP contribution in [0.3, 0.4) is 0 Å². The van der Waals surface area contributed by atoms with Crippen LogP contribution in [0.4, 0.5) is 0 Å². The summed E-state index contributed by atoms with van der Waals surface area (Å²) in [4.78, 5) is 0. The van der Waals surface area contributed by atoms with Crippen molar-refractivity contribution in [2.45, 2.75) is 53.9 Å². The summed E-state index contributed by atoms with van der Waals surface area (Å²) in [6.45, 7) is 11.3. The average molecular weight is 347 g/mol. The summed E-state index contributed by atoms with van der Waals surface area (Å²) >= 11 is 0.